The summed E-state index contributed by atoms with van der Waals surface area (Å²) >= 11 is 0. The van der Waals surface area contributed by atoms with Gasteiger partial charge in [-0.05, 0) is 30.7 Å². The fourth-order valence-electron chi connectivity index (χ4n) is 2.54. The number of amides is 2. The molecule has 3 rings (SSSR count). The molecule has 2 fully saturated rings. The third-order valence-electron chi connectivity index (χ3n) is 3.64. The van der Waals surface area contributed by atoms with E-state index in [-0.39, 0.29) is 12.5 Å². The number of hydrogen-bond donors (Lipinski definition) is 0. The fourth-order valence-corrected chi connectivity index (χ4v) is 2.54. The highest BCUT2D eigenvalue weighted by Crippen LogP contribution is 2.26. The Morgan fingerprint density at radius 2 is 1.82 bits per heavy atom. The van der Waals surface area contributed by atoms with Crippen LogP contribution in [-0.2, 0) is 9.47 Å². The van der Waals surface area contributed by atoms with E-state index < -0.39 is 12.2 Å². The Labute approximate surface area is 127 Å². The number of rotatable bonds is 3. The first kappa shape index (κ1) is 14.2. The van der Waals surface area contributed by atoms with Crippen LogP contribution in [0.2, 0.25) is 0 Å². The molecule has 0 saturated carbocycles. The molecule has 7 heteroatoms. The summed E-state index contributed by atoms with van der Waals surface area (Å²) in [5.41, 5.74) is 1.41. The van der Waals surface area contributed by atoms with Gasteiger partial charge in [-0.15, -0.1) is 0 Å². The lowest BCUT2D eigenvalue weighted by atomic mass is 10.2. The molecule has 2 heterocycles. The van der Waals surface area contributed by atoms with Crippen molar-refractivity contribution in [2.24, 2.45) is 0 Å². The van der Waals surface area contributed by atoms with E-state index in [1.165, 1.54) is 4.90 Å². The second-order valence-electron chi connectivity index (χ2n) is 5.11. The van der Waals surface area contributed by atoms with Crippen LogP contribution in [0.15, 0.2) is 24.3 Å². The number of hydrogen-bond acceptors (Lipinski definition) is 5. The summed E-state index contributed by atoms with van der Waals surface area (Å²) in [4.78, 5) is 26.5. The van der Waals surface area contributed by atoms with E-state index in [9.17, 15) is 9.59 Å². The number of nitrogens with zero attached hydrogens (tertiary/aromatic N) is 3. The predicted octanol–water partition coefficient (Wildman–Crippen LogP) is 2.27. The number of carbonyl (C=O) groups is 2. The maximum absolute atomic E-state index is 11.8. The highest BCUT2D eigenvalue weighted by atomic mass is 16.6. The van der Waals surface area contributed by atoms with Crippen LogP contribution >= 0.6 is 0 Å². The molecular weight excluding hydrogens is 286 g/mol. The largest absolute Gasteiger partial charge is 0.449 e. The van der Waals surface area contributed by atoms with E-state index >= 15 is 0 Å². The Kier molecular flexibility index (Phi) is 3.83. The summed E-state index contributed by atoms with van der Waals surface area (Å²) < 4.78 is 10.1. The molecule has 2 saturated heterocycles. The van der Waals surface area contributed by atoms with Gasteiger partial charge in [-0.25, -0.2) is 9.59 Å². The molecule has 1 aromatic rings. The maximum Gasteiger partial charge on any atom is 0.414 e. The molecular formula is C15H15N3O4. The molecule has 0 aromatic heterocycles. The van der Waals surface area contributed by atoms with Crippen molar-refractivity contribution >= 4 is 23.6 Å². The van der Waals surface area contributed by atoms with Gasteiger partial charge in [0.15, 0.2) is 0 Å². The molecule has 114 valence electrons. The zero-order chi connectivity index (χ0) is 15.5. The first-order chi connectivity index (χ1) is 10.7. The van der Waals surface area contributed by atoms with Gasteiger partial charge in [0.05, 0.1) is 25.6 Å². The van der Waals surface area contributed by atoms with Gasteiger partial charge in [0, 0.05) is 17.9 Å². The minimum Gasteiger partial charge on any atom is -0.449 e. The monoisotopic (exact) mass is 301 g/mol. The van der Waals surface area contributed by atoms with Crippen LogP contribution in [0.25, 0.3) is 0 Å². The average molecular weight is 301 g/mol. The van der Waals surface area contributed by atoms with Gasteiger partial charge in [-0.1, -0.05) is 0 Å². The van der Waals surface area contributed by atoms with Crippen LogP contribution in [0, 0.1) is 11.3 Å². The van der Waals surface area contributed by atoms with Gasteiger partial charge in [-0.2, -0.15) is 5.26 Å². The standard InChI is InChI=1S/C15H15N3O4/c16-7-6-13-10-18(15(20)22-13)12-4-2-11(3-5-12)17-8-1-9-21-14(17)19/h2-5,13H,1,6,8-10H2. The van der Waals surface area contributed by atoms with Crippen molar-refractivity contribution in [1.82, 2.24) is 0 Å². The maximum atomic E-state index is 11.8. The minimum atomic E-state index is -0.453. The fraction of sp³-hybridized carbons (Fsp3) is 0.400. The highest BCUT2D eigenvalue weighted by molar-refractivity contribution is 5.91. The molecule has 0 bridgehead atoms. The molecule has 2 aliphatic rings. The smallest absolute Gasteiger partial charge is 0.414 e. The van der Waals surface area contributed by atoms with Gasteiger partial charge in [0.2, 0.25) is 0 Å². The van der Waals surface area contributed by atoms with E-state index in [4.69, 9.17) is 14.7 Å². The quantitative estimate of drug-likeness (QED) is 0.855. The number of benzene rings is 1. The molecule has 0 N–H and O–H groups in total. The molecule has 0 radical (unpaired) electrons. The van der Waals surface area contributed by atoms with E-state index in [1.807, 2.05) is 6.07 Å². The second kappa shape index (κ2) is 5.93. The summed E-state index contributed by atoms with van der Waals surface area (Å²) in [6.07, 6.45) is -0.227. The Morgan fingerprint density at radius 1 is 1.14 bits per heavy atom. The van der Waals surface area contributed by atoms with Crippen molar-refractivity contribution in [3.63, 3.8) is 0 Å². The van der Waals surface area contributed by atoms with Gasteiger partial charge in [0.1, 0.15) is 6.10 Å². The van der Waals surface area contributed by atoms with E-state index in [1.54, 1.807) is 29.2 Å². The molecule has 0 spiro atoms. The van der Waals surface area contributed by atoms with Gasteiger partial charge >= 0.3 is 12.2 Å². The first-order valence-electron chi connectivity index (χ1n) is 7.08. The molecule has 1 atom stereocenters. The van der Waals surface area contributed by atoms with Crippen LogP contribution in [0.4, 0.5) is 21.0 Å². The Bertz CT molecular complexity index is 623. The molecule has 2 aliphatic heterocycles. The lowest BCUT2D eigenvalue weighted by Crippen LogP contribution is -2.37. The van der Waals surface area contributed by atoms with E-state index in [0.29, 0.717) is 25.4 Å². The molecule has 0 aliphatic carbocycles. The van der Waals surface area contributed by atoms with Crippen molar-refractivity contribution in [3.05, 3.63) is 24.3 Å². The number of nitriles is 1. The summed E-state index contributed by atoms with van der Waals surface area (Å²) in [5.74, 6) is 0. The van der Waals surface area contributed by atoms with Crippen molar-refractivity contribution < 1.29 is 19.1 Å². The topological polar surface area (TPSA) is 82.9 Å². The Morgan fingerprint density at radius 3 is 2.45 bits per heavy atom. The SMILES string of the molecule is N#CCC1CN(c2ccc(N3CCCOC3=O)cc2)C(=O)O1. The third kappa shape index (κ3) is 2.68. The zero-order valence-corrected chi connectivity index (χ0v) is 11.9. The molecule has 2 amide bonds. The summed E-state index contributed by atoms with van der Waals surface area (Å²) in [6.45, 7) is 1.43. The number of carbonyl (C=O) groups excluding carboxylic acids is 2. The van der Waals surface area contributed by atoms with Crippen molar-refractivity contribution in [3.8, 4) is 6.07 Å². The highest BCUT2D eigenvalue weighted by Gasteiger charge is 2.32. The second-order valence-corrected chi connectivity index (χ2v) is 5.11. The van der Waals surface area contributed by atoms with Gasteiger partial charge in [-0.3, -0.25) is 9.80 Å². The Hall–Kier alpha value is -2.75. The zero-order valence-electron chi connectivity index (χ0n) is 11.9. The number of cyclic esters (lactones) is 2. The number of ether oxygens (including phenoxy) is 2. The summed E-state index contributed by atoms with van der Waals surface area (Å²) in [7, 11) is 0. The summed E-state index contributed by atoms with van der Waals surface area (Å²) in [5, 5.41) is 8.67. The van der Waals surface area contributed by atoms with Crippen LogP contribution in [0.1, 0.15) is 12.8 Å². The normalized spacial score (nSPS) is 21.3. The van der Waals surface area contributed by atoms with Crippen LogP contribution in [0.5, 0.6) is 0 Å². The molecule has 22 heavy (non-hydrogen) atoms. The third-order valence-corrected chi connectivity index (χ3v) is 3.64. The molecule has 7 nitrogen and oxygen atoms in total. The minimum absolute atomic E-state index is 0.180. The van der Waals surface area contributed by atoms with Gasteiger partial charge in [0.25, 0.3) is 0 Å². The van der Waals surface area contributed by atoms with E-state index in [0.717, 1.165) is 12.1 Å². The summed E-state index contributed by atoms with van der Waals surface area (Å²) in [6, 6.07) is 9.05. The van der Waals surface area contributed by atoms with E-state index in [2.05, 4.69) is 0 Å². The molecule has 1 unspecified atom stereocenters. The van der Waals surface area contributed by atoms with Crippen LogP contribution in [-0.4, -0.2) is 38.0 Å². The first-order valence-corrected chi connectivity index (χ1v) is 7.08. The van der Waals surface area contributed by atoms with Crippen LogP contribution in [0.3, 0.4) is 0 Å². The molecule has 1 aromatic carbocycles. The van der Waals surface area contributed by atoms with Crippen LogP contribution < -0.4 is 9.80 Å². The average Bonchev–Trinajstić information content (AvgIpc) is 2.89. The Balaban J connectivity index is 1.73. The van der Waals surface area contributed by atoms with Crippen molar-refractivity contribution in [1.29, 1.82) is 5.26 Å². The number of anilines is 2. The lowest BCUT2D eigenvalue weighted by molar-refractivity contribution is 0.140. The predicted molar refractivity (Wildman–Crippen MR) is 77.6 cm³/mol. The van der Waals surface area contributed by atoms with Crippen molar-refractivity contribution in [2.75, 3.05) is 29.5 Å². The van der Waals surface area contributed by atoms with Gasteiger partial charge < -0.3 is 9.47 Å². The van der Waals surface area contributed by atoms with Crippen molar-refractivity contribution in [2.45, 2.75) is 18.9 Å². The lowest BCUT2D eigenvalue weighted by Gasteiger charge is -2.26.